The van der Waals surface area contributed by atoms with Crippen LogP contribution >= 0.6 is 22.6 Å². The molecule has 7 heteroatoms. The van der Waals surface area contributed by atoms with Crippen LogP contribution in [0.4, 0.5) is 14.6 Å². The molecule has 0 saturated heterocycles. The molecule has 2 N–H and O–H groups in total. The van der Waals surface area contributed by atoms with Crippen molar-refractivity contribution in [1.29, 1.82) is 0 Å². The maximum absolute atomic E-state index is 12.1. The highest BCUT2D eigenvalue weighted by Crippen LogP contribution is 2.24. The lowest BCUT2D eigenvalue weighted by atomic mass is 10.2. The van der Waals surface area contributed by atoms with E-state index in [9.17, 15) is 8.78 Å². The number of nitrogen functional groups attached to an aromatic ring is 1. The van der Waals surface area contributed by atoms with Crippen LogP contribution in [0, 0.1) is 3.57 Å². The Bertz CT molecular complexity index is 605. The molecule has 1 heterocycles. The van der Waals surface area contributed by atoms with Gasteiger partial charge in [-0.05, 0) is 53.3 Å². The van der Waals surface area contributed by atoms with Gasteiger partial charge in [-0.3, -0.25) is 0 Å². The first-order valence-corrected chi connectivity index (χ1v) is 6.96. The molecule has 0 aliphatic heterocycles. The number of aromatic nitrogens is 2. The smallest absolute Gasteiger partial charge is 0.387 e. The molecule has 0 spiro atoms. The second-order valence-electron chi connectivity index (χ2n) is 3.95. The van der Waals surface area contributed by atoms with Crippen LogP contribution in [0.25, 0.3) is 11.4 Å². The van der Waals surface area contributed by atoms with E-state index in [4.69, 9.17) is 5.73 Å². The predicted molar refractivity (Wildman–Crippen MR) is 80.6 cm³/mol. The topological polar surface area (TPSA) is 61.0 Å². The first-order chi connectivity index (χ1) is 9.51. The Labute approximate surface area is 128 Å². The van der Waals surface area contributed by atoms with Crippen LogP contribution in [-0.4, -0.2) is 16.6 Å². The number of nitrogens with two attached hydrogens (primary N) is 1. The monoisotopic (exact) mass is 391 g/mol. The van der Waals surface area contributed by atoms with E-state index >= 15 is 0 Å². The zero-order chi connectivity index (χ0) is 14.7. The van der Waals surface area contributed by atoms with E-state index in [-0.39, 0.29) is 5.75 Å². The molecule has 0 bridgehead atoms. The number of hydrogen-bond donors (Lipinski definition) is 1. The number of ether oxygens (including phenoxy) is 1. The molecule has 4 nitrogen and oxygen atoms in total. The first kappa shape index (κ1) is 14.9. The lowest BCUT2D eigenvalue weighted by Gasteiger charge is -2.08. The molecule has 0 aliphatic rings. The van der Waals surface area contributed by atoms with Crippen molar-refractivity contribution in [2.75, 3.05) is 5.73 Å². The van der Waals surface area contributed by atoms with Crippen LogP contribution in [0.15, 0.2) is 24.3 Å². The molecule has 2 aromatic rings. The minimum atomic E-state index is -2.84. The van der Waals surface area contributed by atoms with Crippen LogP contribution in [0.5, 0.6) is 5.75 Å². The van der Waals surface area contributed by atoms with Crippen LogP contribution in [0.1, 0.15) is 12.6 Å². The second kappa shape index (κ2) is 6.29. The van der Waals surface area contributed by atoms with Gasteiger partial charge in [-0.15, -0.1) is 0 Å². The van der Waals surface area contributed by atoms with Crippen molar-refractivity contribution in [3.05, 3.63) is 33.5 Å². The Morgan fingerprint density at radius 3 is 2.45 bits per heavy atom. The molecular formula is C13H12F2IN3O. The van der Waals surface area contributed by atoms with Gasteiger partial charge in [-0.2, -0.15) is 8.78 Å². The summed E-state index contributed by atoms with van der Waals surface area (Å²) in [5, 5.41) is 0. The first-order valence-electron chi connectivity index (χ1n) is 5.88. The number of halogens is 3. The zero-order valence-electron chi connectivity index (χ0n) is 10.6. The van der Waals surface area contributed by atoms with Crippen LogP contribution in [0.2, 0.25) is 0 Å². The Morgan fingerprint density at radius 1 is 1.25 bits per heavy atom. The van der Waals surface area contributed by atoms with Crippen molar-refractivity contribution in [1.82, 2.24) is 9.97 Å². The summed E-state index contributed by atoms with van der Waals surface area (Å²) >= 11 is 2.11. The van der Waals surface area contributed by atoms with Gasteiger partial charge < -0.3 is 10.5 Å². The van der Waals surface area contributed by atoms with Crippen molar-refractivity contribution < 1.29 is 13.5 Å². The van der Waals surface area contributed by atoms with Gasteiger partial charge in [0.25, 0.3) is 0 Å². The Morgan fingerprint density at radius 2 is 1.90 bits per heavy atom. The van der Waals surface area contributed by atoms with E-state index in [1.54, 1.807) is 12.1 Å². The van der Waals surface area contributed by atoms with Crippen molar-refractivity contribution in [3.63, 3.8) is 0 Å². The molecule has 0 fully saturated rings. The lowest BCUT2D eigenvalue weighted by Crippen LogP contribution is -2.04. The van der Waals surface area contributed by atoms with E-state index in [2.05, 4.69) is 37.3 Å². The molecule has 0 amide bonds. The third-order valence-corrected chi connectivity index (χ3v) is 3.79. The third-order valence-electron chi connectivity index (χ3n) is 2.62. The number of hydrogen-bond acceptors (Lipinski definition) is 4. The highest BCUT2D eigenvalue weighted by atomic mass is 127. The van der Waals surface area contributed by atoms with Gasteiger partial charge in [0.05, 0.1) is 9.26 Å². The normalized spacial score (nSPS) is 10.8. The molecule has 106 valence electrons. The Hall–Kier alpha value is -1.51. The van der Waals surface area contributed by atoms with Gasteiger partial charge in [0.2, 0.25) is 0 Å². The summed E-state index contributed by atoms with van der Waals surface area (Å²) in [7, 11) is 0. The SMILES string of the molecule is CCc1nc(-c2ccc(OC(F)F)cc2)nc(N)c1I. The molecule has 0 saturated carbocycles. The molecule has 1 aromatic carbocycles. The largest absolute Gasteiger partial charge is 0.435 e. The minimum Gasteiger partial charge on any atom is -0.435 e. The van der Waals surface area contributed by atoms with E-state index in [0.29, 0.717) is 17.2 Å². The number of aryl methyl sites for hydroxylation is 1. The molecule has 0 aliphatic carbocycles. The standard InChI is InChI=1S/C13H12F2IN3O/c1-2-9-10(16)11(17)19-12(18-9)7-3-5-8(6-4-7)20-13(14)15/h3-6,13H,2H2,1H3,(H2,17,18,19). The summed E-state index contributed by atoms with van der Waals surface area (Å²) in [6.45, 7) is -0.856. The van der Waals surface area contributed by atoms with Crippen LogP contribution < -0.4 is 10.5 Å². The summed E-state index contributed by atoms with van der Waals surface area (Å²) in [6, 6.07) is 6.15. The van der Waals surface area contributed by atoms with Crippen LogP contribution in [-0.2, 0) is 6.42 Å². The second-order valence-corrected chi connectivity index (χ2v) is 5.03. The quantitative estimate of drug-likeness (QED) is 0.811. The average Bonchev–Trinajstić information content (AvgIpc) is 2.42. The highest BCUT2D eigenvalue weighted by Gasteiger charge is 2.11. The van der Waals surface area contributed by atoms with Crippen molar-refractivity contribution in [2.45, 2.75) is 20.0 Å². The van der Waals surface area contributed by atoms with Gasteiger partial charge in [0.15, 0.2) is 5.82 Å². The number of anilines is 1. The summed E-state index contributed by atoms with van der Waals surface area (Å²) < 4.78 is 29.3. The van der Waals surface area contributed by atoms with Gasteiger partial charge in [0, 0.05) is 5.56 Å². The average molecular weight is 391 g/mol. The molecule has 0 radical (unpaired) electrons. The molecule has 0 atom stereocenters. The van der Waals surface area contributed by atoms with Crippen molar-refractivity contribution >= 4 is 28.4 Å². The summed E-state index contributed by atoms with van der Waals surface area (Å²) in [5.74, 6) is 0.988. The zero-order valence-corrected chi connectivity index (χ0v) is 12.8. The minimum absolute atomic E-state index is 0.0953. The summed E-state index contributed by atoms with van der Waals surface area (Å²) in [4.78, 5) is 8.64. The number of nitrogens with zero attached hydrogens (tertiary/aromatic N) is 2. The van der Waals surface area contributed by atoms with Crippen molar-refractivity contribution in [2.24, 2.45) is 0 Å². The van der Waals surface area contributed by atoms with Crippen molar-refractivity contribution in [3.8, 4) is 17.1 Å². The molecule has 1 aromatic heterocycles. The van der Waals surface area contributed by atoms with Gasteiger partial charge in [-0.25, -0.2) is 9.97 Å². The van der Waals surface area contributed by atoms with Gasteiger partial charge >= 0.3 is 6.61 Å². The Kier molecular flexibility index (Phi) is 4.69. The molecule has 2 rings (SSSR count). The van der Waals surface area contributed by atoms with E-state index in [1.807, 2.05) is 6.92 Å². The summed E-state index contributed by atoms with van der Waals surface area (Å²) in [6.07, 6.45) is 0.741. The van der Waals surface area contributed by atoms with E-state index in [0.717, 1.165) is 15.7 Å². The maximum Gasteiger partial charge on any atom is 0.387 e. The third kappa shape index (κ3) is 3.33. The van der Waals surface area contributed by atoms with Crippen LogP contribution in [0.3, 0.4) is 0 Å². The maximum atomic E-state index is 12.1. The van der Waals surface area contributed by atoms with Gasteiger partial charge in [-0.1, -0.05) is 6.92 Å². The number of rotatable bonds is 4. The predicted octanol–water partition coefficient (Wildman–Crippen LogP) is 3.49. The fraction of sp³-hybridized carbons (Fsp3) is 0.231. The molecular weight excluding hydrogens is 379 g/mol. The summed E-state index contributed by atoms with van der Waals surface area (Å²) in [5.41, 5.74) is 7.41. The molecule has 0 unspecified atom stereocenters. The lowest BCUT2D eigenvalue weighted by molar-refractivity contribution is -0.0498. The molecule has 20 heavy (non-hydrogen) atoms. The van der Waals surface area contributed by atoms with E-state index < -0.39 is 6.61 Å². The highest BCUT2D eigenvalue weighted by molar-refractivity contribution is 14.1. The fourth-order valence-electron chi connectivity index (χ4n) is 1.66. The fourth-order valence-corrected chi connectivity index (χ4v) is 2.28. The number of alkyl halides is 2. The van der Waals surface area contributed by atoms with Gasteiger partial charge in [0.1, 0.15) is 11.6 Å². The number of benzene rings is 1. The van der Waals surface area contributed by atoms with E-state index in [1.165, 1.54) is 12.1 Å². The Balaban J connectivity index is 2.34.